The van der Waals surface area contributed by atoms with Gasteiger partial charge in [0, 0.05) is 4.47 Å². The van der Waals surface area contributed by atoms with Crippen LogP contribution in [-0.2, 0) is 16.6 Å². The number of hydrogen-bond acceptors (Lipinski definition) is 3. The lowest BCUT2D eigenvalue weighted by Crippen LogP contribution is -2.29. The molecule has 0 atom stereocenters. The van der Waals surface area contributed by atoms with Crippen molar-refractivity contribution in [3.8, 4) is 0 Å². The van der Waals surface area contributed by atoms with Gasteiger partial charge in [0.1, 0.15) is 4.90 Å². The first-order chi connectivity index (χ1) is 9.89. The van der Waals surface area contributed by atoms with Crippen molar-refractivity contribution in [3.63, 3.8) is 0 Å². The third-order valence-corrected chi connectivity index (χ3v) is 5.68. The smallest absolute Gasteiger partial charge is 0.268 e. The van der Waals surface area contributed by atoms with Crippen molar-refractivity contribution in [1.29, 1.82) is 0 Å². The molecule has 1 amide bonds. The fourth-order valence-corrected chi connectivity index (χ4v) is 4.36. The van der Waals surface area contributed by atoms with Crippen LogP contribution in [0.3, 0.4) is 0 Å². The van der Waals surface area contributed by atoms with Gasteiger partial charge in [-0.05, 0) is 30.7 Å². The van der Waals surface area contributed by atoms with E-state index >= 15 is 0 Å². The third kappa shape index (κ3) is 2.38. The molecule has 0 aromatic heterocycles. The Balaban J connectivity index is 2.02. The zero-order valence-corrected chi connectivity index (χ0v) is 13.6. The standard InChI is InChI=1S/C15H12BrNO3S/c1-10-2-4-11(5-3-10)9-17-15(18)13-7-6-12(16)8-14(13)21(17,19)20/h2-8H,9H2,1H3. The molecule has 0 spiro atoms. The minimum atomic E-state index is -3.77. The second-order valence-corrected chi connectivity index (χ2v) is 7.69. The normalized spacial score (nSPS) is 16.1. The molecule has 108 valence electrons. The van der Waals surface area contributed by atoms with E-state index in [0.717, 1.165) is 15.4 Å². The number of nitrogens with zero attached hydrogens (tertiary/aromatic N) is 1. The largest absolute Gasteiger partial charge is 0.269 e. The first-order valence-corrected chi connectivity index (χ1v) is 8.55. The number of sulfonamides is 1. The fourth-order valence-electron chi connectivity index (χ4n) is 2.26. The van der Waals surface area contributed by atoms with Crippen LogP contribution in [0.5, 0.6) is 0 Å². The topological polar surface area (TPSA) is 54.5 Å². The second kappa shape index (κ2) is 4.96. The number of halogens is 1. The maximum Gasteiger partial charge on any atom is 0.269 e. The van der Waals surface area contributed by atoms with E-state index in [9.17, 15) is 13.2 Å². The monoisotopic (exact) mass is 365 g/mol. The van der Waals surface area contributed by atoms with Gasteiger partial charge in [-0.2, -0.15) is 0 Å². The van der Waals surface area contributed by atoms with Gasteiger partial charge in [-0.1, -0.05) is 45.8 Å². The molecule has 6 heteroatoms. The van der Waals surface area contributed by atoms with E-state index in [0.29, 0.717) is 4.47 Å². The molecule has 1 aliphatic heterocycles. The Morgan fingerprint density at radius 1 is 1.10 bits per heavy atom. The first kappa shape index (κ1) is 14.3. The fraction of sp³-hybridized carbons (Fsp3) is 0.133. The predicted molar refractivity (Wildman–Crippen MR) is 82.4 cm³/mol. The summed E-state index contributed by atoms with van der Waals surface area (Å²) in [5, 5.41) is 0. The van der Waals surface area contributed by atoms with Gasteiger partial charge in [0.05, 0.1) is 12.1 Å². The Hall–Kier alpha value is -1.66. The number of benzene rings is 2. The molecule has 0 radical (unpaired) electrons. The van der Waals surface area contributed by atoms with E-state index in [1.807, 2.05) is 31.2 Å². The highest BCUT2D eigenvalue weighted by atomic mass is 79.9. The molecule has 3 rings (SSSR count). The minimum absolute atomic E-state index is 0.0494. The lowest BCUT2D eigenvalue weighted by atomic mass is 10.1. The molecule has 2 aromatic carbocycles. The molecule has 0 unspecified atom stereocenters. The summed E-state index contributed by atoms with van der Waals surface area (Å²) in [4.78, 5) is 12.4. The summed E-state index contributed by atoms with van der Waals surface area (Å²) in [6.45, 7) is 2.00. The summed E-state index contributed by atoms with van der Waals surface area (Å²) < 4.78 is 26.6. The highest BCUT2D eigenvalue weighted by molar-refractivity contribution is 9.10. The zero-order chi connectivity index (χ0) is 15.2. The molecule has 1 heterocycles. The van der Waals surface area contributed by atoms with Crippen molar-refractivity contribution >= 4 is 31.9 Å². The molecule has 1 aliphatic rings. The Morgan fingerprint density at radius 2 is 1.76 bits per heavy atom. The van der Waals surface area contributed by atoms with Crippen LogP contribution >= 0.6 is 15.9 Å². The third-order valence-electron chi connectivity index (χ3n) is 3.42. The number of aryl methyl sites for hydroxylation is 1. The summed E-state index contributed by atoms with van der Waals surface area (Å²) in [5.74, 6) is -0.474. The van der Waals surface area contributed by atoms with E-state index < -0.39 is 15.9 Å². The average molecular weight is 366 g/mol. The van der Waals surface area contributed by atoms with E-state index in [1.54, 1.807) is 6.07 Å². The number of carbonyl (C=O) groups is 1. The van der Waals surface area contributed by atoms with Crippen LogP contribution < -0.4 is 0 Å². The number of fused-ring (bicyclic) bond motifs is 1. The van der Waals surface area contributed by atoms with Crippen molar-refractivity contribution in [2.45, 2.75) is 18.4 Å². The van der Waals surface area contributed by atoms with Gasteiger partial charge in [0.2, 0.25) is 0 Å². The van der Waals surface area contributed by atoms with Crippen LogP contribution in [0, 0.1) is 6.92 Å². The first-order valence-electron chi connectivity index (χ1n) is 6.32. The summed E-state index contributed by atoms with van der Waals surface area (Å²) in [7, 11) is -3.77. The van der Waals surface area contributed by atoms with E-state index in [-0.39, 0.29) is 17.0 Å². The number of carbonyl (C=O) groups excluding carboxylic acids is 1. The van der Waals surface area contributed by atoms with Crippen LogP contribution in [0.25, 0.3) is 0 Å². The molecule has 4 nitrogen and oxygen atoms in total. The lowest BCUT2D eigenvalue weighted by molar-refractivity contribution is 0.0865. The van der Waals surface area contributed by atoms with Crippen LogP contribution in [0.15, 0.2) is 51.8 Å². The van der Waals surface area contributed by atoms with E-state index in [1.165, 1.54) is 12.1 Å². The highest BCUT2D eigenvalue weighted by Crippen LogP contribution is 2.33. The Morgan fingerprint density at radius 3 is 2.43 bits per heavy atom. The molecule has 2 aromatic rings. The summed E-state index contributed by atoms with van der Waals surface area (Å²) in [6, 6.07) is 12.1. The van der Waals surface area contributed by atoms with Crippen molar-refractivity contribution in [3.05, 3.63) is 63.6 Å². The SMILES string of the molecule is Cc1ccc(CN2C(=O)c3ccc(Br)cc3S2(=O)=O)cc1. The maximum absolute atomic E-state index is 12.5. The van der Waals surface area contributed by atoms with Gasteiger partial charge in [0.25, 0.3) is 15.9 Å². The highest BCUT2D eigenvalue weighted by Gasteiger charge is 2.41. The second-order valence-electron chi connectivity index (χ2n) is 4.94. The maximum atomic E-state index is 12.5. The number of amides is 1. The summed E-state index contributed by atoms with van der Waals surface area (Å²) >= 11 is 3.24. The van der Waals surface area contributed by atoms with E-state index in [4.69, 9.17) is 0 Å². The van der Waals surface area contributed by atoms with Gasteiger partial charge in [-0.15, -0.1) is 0 Å². The molecular formula is C15H12BrNO3S. The van der Waals surface area contributed by atoms with Gasteiger partial charge in [-0.25, -0.2) is 12.7 Å². The van der Waals surface area contributed by atoms with Crippen LogP contribution in [-0.4, -0.2) is 18.6 Å². The van der Waals surface area contributed by atoms with E-state index in [2.05, 4.69) is 15.9 Å². The summed E-state index contributed by atoms with van der Waals surface area (Å²) in [5.41, 5.74) is 2.09. The molecule has 0 bridgehead atoms. The van der Waals surface area contributed by atoms with Gasteiger partial charge in [-0.3, -0.25) is 4.79 Å². The molecule has 0 N–H and O–H groups in total. The molecule has 21 heavy (non-hydrogen) atoms. The van der Waals surface area contributed by atoms with Gasteiger partial charge in [0.15, 0.2) is 0 Å². The van der Waals surface area contributed by atoms with Crippen molar-refractivity contribution in [2.24, 2.45) is 0 Å². The number of hydrogen-bond donors (Lipinski definition) is 0. The predicted octanol–water partition coefficient (Wildman–Crippen LogP) is 3.10. The van der Waals surface area contributed by atoms with Crippen LogP contribution in [0.2, 0.25) is 0 Å². The summed E-state index contributed by atoms with van der Waals surface area (Å²) in [6.07, 6.45) is 0. The van der Waals surface area contributed by atoms with Gasteiger partial charge < -0.3 is 0 Å². The molecule has 0 saturated heterocycles. The lowest BCUT2D eigenvalue weighted by Gasteiger charge is -2.15. The zero-order valence-electron chi connectivity index (χ0n) is 11.2. The van der Waals surface area contributed by atoms with Crippen LogP contribution in [0.1, 0.15) is 21.5 Å². The molecular weight excluding hydrogens is 354 g/mol. The molecule has 0 fully saturated rings. The Bertz CT molecular complexity index is 828. The number of rotatable bonds is 2. The van der Waals surface area contributed by atoms with Crippen LogP contribution in [0.4, 0.5) is 0 Å². The molecule has 0 saturated carbocycles. The van der Waals surface area contributed by atoms with Crippen molar-refractivity contribution in [1.82, 2.24) is 4.31 Å². The molecule has 0 aliphatic carbocycles. The van der Waals surface area contributed by atoms with Crippen molar-refractivity contribution < 1.29 is 13.2 Å². The quantitative estimate of drug-likeness (QED) is 0.821. The Kier molecular flexibility index (Phi) is 3.37. The average Bonchev–Trinajstić information content (AvgIpc) is 2.62. The van der Waals surface area contributed by atoms with Crippen molar-refractivity contribution in [2.75, 3.05) is 0 Å². The van der Waals surface area contributed by atoms with Gasteiger partial charge >= 0.3 is 0 Å². The Labute approximate surface area is 131 Å². The minimum Gasteiger partial charge on any atom is -0.268 e.